The molecule has 6 heteroatoms. The van der Waals surface area contributed by atoms with Gasteiger partial charge in [0, 0.05) is 25.0 Å². The molecule has 5 nitrogen and oxygen atoms in total. The maximum atomic E-state index is 5.61. The van der Waals surface area contributed by atoms with Crippen LogP contribution in [-0.4, -0.2) is 19.8 Å². The number of thiocarbonyl (C=S) groups is 1. The zero-order chi connectivity index (χ0) is 12.4. The van der Waals surface area contributed by atoms with E-state index >= 15 is 0 Å². The summed E-state index contributed by atoms with van der Waals surface area (Å²) >= 11 is 4.95. The number of nitrogens with one attached hydrogen (secondary N) is 1. The van der Waals surface area contributed by atoms with Crippen LogP contribution in [0.5, 0.6) is 0 Å². The molecule has 0 unspecified atom stereocenters. The summed E-state index contributed by atoms with van der Waals surface area (Å²) < 4.78 is 1.79. The number of nitrogens with two attached hydrogens (primary N) is 1. The third-order valence-electron chi connectivity index (χ3n) is 2.42. The van der Waals surface area contributed by atoms with E-state index in [-0.39, 0.29) is 4.99 Å². The minimum Gasteiger partial charge on any atom is -0.388 e. The second-order valence-corrected chi connectivity index (χ2v) is 4.12. The highest BCUT2D eigenvalue weighted by atomic mass is 32.1. The van der Waals surface area contributed by atoms with E-state index in [9.17, 15) is 0 Å². The van der Waals surface area contributed by atoms with Crippen LogP contribution in [0.15, 0.2) is 24.4 Å². The molecule has 0 saturated carbocycles. The number of nitrogens with zero attached hydrogens (tertiary/aromatic N) is 3. The number of rotatable bonds is 3. The molecule has 0 aromatic carbocycles. The van der Waals surface area contributed by atoms with E-state index in [1.807, 2.05) is 32.2 Å². The zero-order valence-electron chi connectivity index (χ0n) is 9.64. The smallest absolute Gasteiger partial charge is 0.152 e. The predicted molar refractivity (Wildman–Crippen MR) is 71.4 cm³/mol. The van der Waals surface area contributed by atoms with Crippen molar-refractivity contribution in [3.05, 3.63) is 35.8 Å². The van der Waals surface area contributed by atoms with Gasteiger partial charge in [-0.05, 0) is 19.1 Å². The quantitative estimate of drug-likeness (QED) is 0.804. The fourth-order valence-corrected chi connectivity index (χ4v) is 1.62. The Labute approximate surface area is 105 Å². The molecule has 0 radical (unpaired) electrons. The van der Waals surface area contributed by atoms with Crippen molar-refractivity contribution in [2.24, 2.45) is 12.8 Å². The molecular formula is C11H13N5S. The maximum Gasteiger partial charge on any atom is 0.152 e. The Bertz CT molecular complexity index is 541. The summed E-state index contributed by atoms with van der Waals surface area (Å²) in [6.45, 7) is 1.98. The largest absolute Gasteiger partial charge is 0.388 e. The van der Waals surface area contributed by atoms with Gasteiger partial charge in [-0.15, -0.1) is 0 Å². The SMILES string of the molecule is Cc1cc(Nc2cccnc2C(N)=S)nn1C. The second kappa shape index (κ2) is 4.50. The highest BCUT2D eigenvalue weighted by molar-refractivity contribution is 7.80. The van der Waals surface area contributed by atoms with Crippen molar-refractivity contribution in [1.82, 2.24) is 14.8 Å². The van der Waals surface area contributed by atoms with E-state index in [4.69, 9.17) is 18.0 Å². The third-order valence-corrected chi connectivity index (χ3v) is 2.61. The van der Waals surface area contributed by atoms with Crippen molar-refractivity contribution >= 4 is 28.7 Å². The molecule has 2 aromatic heterocycles. The molecule has 0 spiro atoms. The van der Waals surface area contributed by atoms with Crippen molar-refractivity contribution in [3.63, 3.8) is 0 Å². The highest BCUT2D eigenvalue weighted by Crippen LogP contribution is 2.18. The number of hydrogen-bond acceptors (Lipinski definition) is 4. The molecule has 0 aliphatic rings. The number of anilines is 2. The third kappa shape index (κ3) is 2.42. The normalized spacial score (nSPS) is 10.2. The van der Waals surface area contributed by atoms with Crippen LogP contribution in [0.1, 0.15) is 11.4 Å². The standard InChI is InChI=1S/C11H13N5S/c1-7-6-9(15-16(7)2)14-8-4-3-5-13-10(8)11(12)17/h3-6H,1-2H3,(H2,12,17)(H,14,15). The Morgan fingerprint density at radius 2 is 2.29 bits per heavy atom. The first-order valence-corrected chi connectivity index (χ1v) is 5.51. The van der Waals surface area contributed by atoms with Gasteiger partial charge in [-0.1, -0.05) is 12.2 Å². The van der Waals surface area contributed by atoms with Crippen LogP contribution in [0, 0.1) is 6.92 Å². The molecule has 0 aliphatic heterocycles. The van der Waals surface area contributed by atoms with Crippen LogP contribution in [0.25, 0.3) is 0 Å². The molecule has 88 valence electrons. The lowest BCUT2D eigenvalue weighted by molar-refractivity contribution is 0.743. The molecular weight excluding hydrogens is 234 g/mol. The Hall–Kier alpha value is -1.95. The Kier molecular flexibility index (Phi) is 3.06. The van der Waals surface area contributed by atoms with E-state index in [0.717, 1.165) is 17.2 Å². The summed E-state index contributed by atoms with van der Waals surface area (Å²) in [4.78, 5) is 4.40. The van der Waals surface area contributed by atoms with Crippen LogP contribution in [-0.2, 0) is 7.05 Å². The summed E-state index contributed by atoms with van der Waals surface area (Å²) in [6.07, 6.45) is 1.66. The first kappa shape index (κ1) is 11.5. The first-order valence-electron chi connectivity index (χ1n) is 5.10. The van der Waals surface area contributed by atoms with E-state index in [1.54, 1.807) is 10.9 Å². The molecule has 0 aliphatic carbocycles. The minimum atomic E-state index is 0.265. The Morgan fingerprint density at radius 3 is 2.88 bits per heavy atom. The van der Waals surface area contributed by atoms with Gasteiger partial charge in [0.1, 0.15) is 10.7 Å². The summed E-state index contributed by atoms with van der Waals surface area (Å²) in [5, 5.41) is 7.45. The molecule has 2 rings (SSSR count). The van der Waals surface area contributed by atoms with Crippen LogP contribution < -0.4 is 11.1 Å². The van der Waals surface area contributed by atoms with Gasteiger partial charge in [0.25, 0.3) is 0 Å². The first-order chi connectivity index (χ1) is 8.08. The molecule has 0 amide bonds. The van der Waals surface area contributed by atoms with E-state index < -0.39 is 0 Å². The topological polar surface area (TPSA) is 68.8 Å². The lowest BCUT2D eigenvalue weighted by Crippen LogP contribution is -2.13. The Balaban J connectivity index is 2.33. The molecule has 2 heterocycles. The Morgan fingerprint density at radius 1 is 1.53 bits per heavy atom. The average molecular weight is 247 g/mol. The monoisotopic (exact) mass is 247 g/mol. The number of aryl methyl sites for hydroxylation is 2. The lowest BCUT2D eigenvalue weighted by Gasteiger charge is -2.07. The van der Waals surface area contributed by atoms with Gasteiger partial charge >= 0.3 is 0 Å². The van der Waals surface area contributed by atoms with Crippen molar-refractivity contribution in [2.45, 2.75) is 6.92 Å². The van der Waals surface area contributed by atoms with E-state index in [2.05, 4.69) is 15.4 Å². The van der Waals surface area contributed by atoms with Gasteiger partial charge in [0.05, 0.1) is 5.69 Å². The molecule has 0 fully saturated rings. The van der Waals surface area contributed by atoms with Crippen molar-refractivity contribution in [1.29, 1.82) is 0 Å². The van der Waals surface area contributed by atoms with Gasteiger partial charge in [-0.3, -0.25) is 9.67 Å². The van der Waals surface area contributed by atoms with Crippen LogP contribution >= 0.6 is 12.2 Å². The second-order valence-electron chi connectivity index (χ2n) is 3.68. The van der Waals surface area contributed by atoms with Gasteiger partial charge in [-0.25, -0.2) is 0 Å². The summed E-state index contributed by atoms with van der Waals surface area (Å²) in [5.41, 5.74) is 8.01. The van der Waals surface area contributed by atoms with Crippen molar-refractivity contribution < 1.29 is 0 Å². The summed E-state index contributed by atoms with van der Waals surface area (Å²) in [7, 11) is 1.89. The molecule has 0 bridgehead atoms. The minimum absolute atomic E-state index is 0.265. The molecule has 3 N–H and O–H groups in total. The predicted octanol–water partition coefficient (Wildman–Crippen LogP) is 1.50. The number of aromatic nitrogens is 3. The summed E-state index contributed by atoms with van der Waals surface area (Å²) in [6, 6.07) is 5.63. The fourth-order valence-electron chi connectivity index (χ4n) is 1.46. The van der Waals surface area contributed by atoms with Gasteiger partial charge in [0.15, 0.2) is 5.82 Å². The van der Waals surface area contributed by atoms with E-state index in [1.165, 1.54) is 0 Å². The molecule has 0 saturated heterocycles. The number of hydrogen-bond donors (Lipinski definition) is 2. The van der Waals surface area contributed by atoms with Gasteiger partial charge < -0.3 is 11.1 Å². The molecule has 2 aromatic rings. The highest BCUT2D eigenvalue weighted by Gasteiger charge is 2.08. The fraction of sp³-hybridized carbons (Fsp3) is 0.182. The van der Waals surface area contributed by atoms with Crippen molar-refractivity contribution in [3.8, 4) is 0 Å². The van der Waals surface area contributed by atoms with E-state index in [0.29, 0.717) is 5.69 Å². The number of pyridine rings is 1. The zero-order valence-corrected chi connectivity index (χ0v) is 10.5. The molecule has 17 heavy (non-hydrogen) atoms. The van der Waals surface area contributed by atoms with Crippen LogP contribution in [0.4, 0.5) is 11.5 Å². The summed E-state index contributed by atoms with van der Waals surface area (Å²) in [5.74, 6) is 0.746. The van der Waals surface area contributed by atoms with Crippen LogP contribution in [0.3, 0.4) is 0 Å². The van der Waals surface area contributed by atoms with Crippen molar-refractivity contribution in [2.75, 3.05) is 5.32 Å². The van der Waals surface area contributed by atoms with Gasteiger partial charge in [-0.2, -0.15) is 5.10 Å². The lowest BCUT2D eigenvalue weighted by atomic mass is 10.3. The maximum absolute atomic E-state index is 5.61. The molecule has 0 atom stereocenters. The van der Waals surface area contributed by atoms with Gasteiger partial charge in [0.2, 0.25) is 0 Å². The average Bonchev–Trinajstić information content (AvgIpc) is 2.58. The van der Waals surface area contributed by atoms with Crippen LogP contribution in [0.2, 0.25) is 0 Å².